The molecule has 1 saturated carbocycles. The zero-order valence-corrected chi connectivity index (χ0v) is 8.25. The molecule has 0 saturated heterocycles. The molecule has 1 aliphatic carbocycles. The minimum absolute atomic E-state index is 0.465. The molecule has 0 bridgehead atoms. The minimum atomic E-state index is 0.465. The van der Waals surface area contributed by atoms with Gasteiger partial charge in [-0.3, -0.25) is 0 Å². The zero-order chi connectivity index (χ0) is 8.16. The van der Waals surface area contributed by atoms with Crippen molar-refractivity contribution >= 4 is 11.8 Å². The first-order valence-corrected chi connectivity index (χ1v) is 5.65. The summed E-state index contributed by atoms with van der Waals surface area (Å²) in [7, 11) is 0. The second-order valence-electron chi connectivity index (χ2n) is 3.38. The first-order chi connectivity index (χ1) is 5.33. The summed E-state index contributed by atoms with van der Waals surface area (Å²) in [5.41, 5.74) is 5.80. The van der Waals surface area contributed by atoms with Gasteiger partial charge in [-0.05, 0) is 18.6 Å². The van der Waals surface area contributed by atoms with Crippen LogP contribution in [0, 0.1) is 0 Å². The summed E-state index contributed by atoms with van der Waals surface area (Å²) in [6.45, 7) is 3.11. The first-order valence-electron chi connectivity index (χ1n) is 4.67. The van der Waals surface area contributed by atoms with Crippen LogP contribution in [0.2, 0.25) is 0 Å². The summed E-state index contributed by atoms with van der Waals surface area (Å²) in [5.74, 6) is 1.22. The predicted octanol–water partition coefficient (Wildman–Crippen LogP) is 2.40. The monoisotopic (exact) mass is 173 g/mol. The molecule has 2 heteroatoms. The fraction of sp³-hybridized carbons (Fsp3) is 1.00. The average Bonchev–Trinajstić information content (AvgIpc) is 2.07. The van der Waals surface area contributed by atoms with E-state index in [1.807, 2.05) is 0 Å². The van der Waals surface area contributed by atoms with Gasteiger partial charge in [0, 0.05) is 11.3 Å². The van der Waals surface area contributed by atoms with Crippen molar-refractivity contribution in [2.45, 2.75) is 43.8 Å². The highest BCUT2D eigenvalue weighted by molar-refractivity contribution is 8.00. The molecule has 1 fully saturated rings. The molecule has 1 aliphatic rings. The molecule has 0 aromatic heterocycles. The molecular weight excluding hydrogens is 154 g/mol. The van der Waals surface area contributed by atoms with Crippen LogP contribution in [0.15, 0.2) is 0 Å². The van der Waals surface area contributed by atoms with Crippen molar-refractivity contribution in [2.24, 2.45) is 5.73 Å². The second-order valence-corrected chi connectivity index (χ2v) is 5.11. The van der Waals surface area contributed by atoms with E-state index in [-0.39, 0.29) is 0 Å². The van der Waals surface area contributed by atoms with Gasteiger partial charge in [-0.2, -0.15) is 11.8 Å². The Balaban J connectivity index is 2.42. The Bertz CT molecular complexity index is 103. The molecule has 0 amide bonds. The Kier molecular flexibility index (Phi) is 3.73. The van der Waals surface area contributed by atoms with Crippen molar-refractivity contribution in [2.75, 3.05) is 12.3 Å². The Morgan fingerprint density at radius 1 is 1.27 bits per heavy atom. The number of hydrogen-bond donors (Lipinski definition) is 1. The molecule has 1 rings (SSSR count). The van der Waals surface area contributed by atoms with E-state index in [1.54, 1.807) is 0 Å². The fourth-order valence-corrected chi connectivity index (χ4v) is 3.22. The van der Waals surface area contributed by atoms with Gasteiger partial charge in [0.2, 0.25) is 0 Å². The number of nitrogens with two attached hydrogens (primary N) is 1. The highest BCUT2D eigenvalue weighted by Gasteiger charge is 2.29. The quantitative estimate of drug-likeness (QED) is 0.709. The third-order valence-corrected chi connectivity index (χ3v) is 4.06. The summed E-state index contributed by atoms with van der Waals surface area (Å²) in [6, 6.07) is 0. The van der Waals surface area contributed by atoms with Gasteiger partial charge >= 0.3 is 0 Å². The van der Waals surface area contributed by atoms with Crippen molar-refractivity contribution in [3.8, 4) is 0 Å². The molecule has 0 aliphatic heterocycles. The van der Waals surface area contributed by atoms with Crippen LogP contribution in [0.5, 0.6) is 0 Å². The molecule has 0 aromatic rings. The maximum Gasteiger partial charge on any atom is 0.0282 e. The third kappa shape index (κ3) is 2.38. The van der Waals surface area contributed by atoms with Crippen LogP contribution in [0.4, 0.5) is 0 Å². The largest absolute Gasteiger partial charge is 0.329 e. The third-order valence-electron chi connectivity index (χ3n) is 2.59. The molecule has 2 N–H and O–H groups in total. The summed E-state index contributed by atoms with van der Waals surface area (Å²) < 4.78 is 0.465. The summed E-state index contributed by atoms with van der Waals surface area (Å²) in [4.78, 5) is 0. The van der Waals surface area contributed by atoms with Crippen LogP contribution in [0.3, 0.4) is 0 Å². The fourth-order valence-electron chi connectivity index (χ4n) is 1.91. The van der Waals surface area contributed by atoms with Crippen LogP contribution < -0.4 is 5.73 Å². The smallest absolute Gasteiger partial charge is 0.0282 e. The molecule has 66 valence electrons. The van der Waals surface area contributed by atoms with Gasteiger partial charge in [0.05, 0.1) is 0 Å². The molecule has 0 heterocycles. The first kappa shape index (κ1) is 9.40. The van der Waals surface area contributed by atoms with Gasteiger partial charge in [-0.15, -0.1) is 0 Å². The number of rotatable bonds is 3. The Labute approximate surface area is 74.1 Å². The van der Waals surface area contributed by atoms with Crippen LogP contribution in [-0.2, 0) is 0 Å². The molecule has 11 heavy (non-hydrogen) atoms. The standard InChI is InChI=1S/C9H19NS/c1-2-11-9(8-10)6-4-3-5-7-9/h2-8,10H2,1H3. The molecule has 0 spiro atoms. The molecule has 0 aromatic carbocycles. The lowest BCUT2D eigenvalue weighted by Gasteiger charge is -2.35. The van der Waals surface area contributed by atoms with Crippen molar-refractivity contribution in [1.29, 1.82) is 0 Å². The molecule has 0 atom stereocenters. The lowest BCUT2D eigenvalue weighted by molar-refractivity contribution is 0.404. The topological polar surface area (TPSA) is 26.0 Å². The molecule has 0 radical (unpaired) electrons. The molecule has 1 nitrogen and oxygen atoms in total. The number of thioether (sulfide) groups is 1. The van der Waals surface area contributed by atoms with E-state index in [4.69, 9.17) is 5.73 Å². The van der Waals surface area contributed by atoms with Crippen molar-refractivity contribution in [1.82, 2.24) is 0 Å². The highest BCUT2D eigenvalue weighted by Crippen LogP contribution is 2.38. The summed E-state index contributed by atoms with van der Waals surface area (Å²) in [5, 5.41) is 0. The normalized spacial score (nSPS) is 23.5. The van der Waals surface area contributed by atoms with E-state index in [9.17, 15) is 0 Å². The van der Waals surface area contributed by atoms with Crippen LogP contribution in [-0.4, -0.2) is 17.0 Å². The van der Waals surface area contributed by atoms with Gasteiger partial charge in [-0.1, -0.05) is 26.2 Å². The van der Waals surface area contributed by atoms with Crippen molar-refractivity contribution < 1.29 is 0 Å². The van der Waals surface area contributed by atoms with Gasteiger partial charge in [0.25, 0.3) is 0 Å². The van der Waals surface area contributed by atoms with E-state index in [0.29, 0.717) is 4.75 Å². The zero-order valence-electron chi connectivity index (χ0n) is 7.44. The summed E-state index contributed by atoms with van der Waals surface area (Å²) >= 11 is 2.07. The van der Waals surface area contributed by atoms with Crippen LogP contribution >= 0.6 is 11.8 Å². The minimum Gasteiger partial charge on any atom is -0.329 e. The van der Waals surface area contributed by atoms with Crippen LogP contribution in [0.1, 0.15) is 39.0 Å². The second kappa shape index (κ2) is 4.36. The maximum absolute atomic E-state index is 5.80. The Morgan fingerprint density at radius 3 is 2.36 bits per heavy atom. The van der Waals surface area contributed by atoms with E-state index in [2.05, 4.69) is 18.7 Å². The maximum atomic E-state index is 5.80. The van der Waals surface area contributed by atoms with Crippen molar-refractivity contribution in [3.05, 3.63) is 0 Å². The lowest BCUT2D eigenvalue weighted by Crippen LogP contribution is -2.36. The van der Waals surface area contributed by atoms with Crippen molar-refractivity contribution in [3.63, 3.8) is 0 Å². The Hall–Kier alpha value is 0.310. The molecule has 0 unspecified atom stereocenters. The average molecular weight is 173 g/mol. The summed E-state index contributed by atoms with van der Waals surface area (Å²) in [6.07, 6.45) is 6.91. The lowest BCUT2D eigenvalue weighted by atomic mass is 9.88. The van der Waals surface area contributed by atoms with Gasteiger partial charge < -0.3 is 5.73 Å². The Morgan fingerprint density at radius 2 is 1.91 bits per heavy atom. The van der Waals surface area contributed by atoms with E-state index >= 15 is 0 Å². The van der Waals surface area contributed by atoms with Gasteiger partial charge in [-0.25, -0.2) is 0 Å². The van der Waals surface area contributed by atoms with Gasteiger partial charge in [0.15, 0.2) is 0 Å². The van der Waals surface area contributed by atoms with Crippen LogP contribution in [0.25, 0.3) is 0 Å². The molecular formula is C9H19NS. The predicted molar refractivity (Wildman–Crippen MR) is 53.0 cm³/mol. The van der Waals surface area contributed by atoms with Gasteiger partial charge in [0.1, 0.15) is 0 Å². The highest BCUT2D eigenvalue weighted by atomic mass is 32.2. The van der Waals surface area contributed by atoms with E-state index in [1.165, 1.54) is 37.9 Å². The number of hydrogen-bond acceptors (Lipinski definition) is 2. The van der Waals surface area contributed by atoms with E-state index in [0.717, 1.165) is 6.54 Å². The SMILES string of the molecule is CCSC1(CN)CCCCC1. The van der Waals surface area contributed by atoms with E-state index < -0.39 is 0 Å².